The van der Waals surface area contributed by atoms with Crippen LogP contribution in [0.5, 0.6) is 0 Å². The second-order valence-corrected chi connectivity index (χ2v) is 7.67. The first-order valence-corrected chi connectivity index (χ1v) is 10.2. The predicted molar refractivity (Wildman–Crippen MR) is 109 cm³/mol. The van der Waals surface area contributed by atoms with Gasteiger partial charge >= 0.3 is 5.97 Å². The highest BCUT2D eigenvalue weighted by Gasteiger charge is 2.35. The van der Waals surface area contributed by atoms with Crippen LogP contribution in [0.15, 0.2) is 48.5 Å². The molecule has 0 radical (unpaired) electrons. The molecule has 2 aromatic rings. The molecule has 0 fully saturated rings. The van der Waals surface area contributed by atoms with E-state index in [4.69, 9.17) is 0 Å². The van der Waals surface area contributed by atoms with Crippen LogP contribution in [0.25, 0.3) is 0 Å². The number of aryl methyl sites for hydroxylation is 1. The van der Waals surface area contributed by atoms with Crippen molar-refractivity contribution in [2.24, 2.45) is 0 Å². The summed E-state index contributed by atoms with van der Waals surface area (Å²) in [6.07, 6.45) is 0.629. The van der Waals surface area contributed by atoms with E-state index in [2.05, 4.69) is 5.32 Å². The van der Waals surface area contributed by atoms with E-state index in [0.29, 0.717) is 24.2 Å². The number of hydrogen-bond donors (Lipinski definition) is 2. The largest absolute Gasteiger partial charge is 0.479 e. The molecule has 1 unspecified atom stereocenters. The molecule has 0 aliphatic carbocycles. The van der Waals surface area contributed by atoms with Crippen LogP contribution >= 0.6 is 11.8 Å². The third kappa shape index (κ3) is 4.72. The van der Waals surface area contributed by atoms with Crippen molar-refractivity contribution in [3.63, 3.8) is 0 Å². The average Bonchev–Trinajstić information content (AvgIpc) is 2.68. The number of carboxylic acid groups (broad SMARTS) is 1. The molecule has 2 N–H and O–H groups in total. The Morgan fingerprint density at radius 3 is 2.54 bits per heavy atom. The van der Waals surface area contributed by atoms with Gasteiger partial charge in [0.15, 0.2) is 6.04 Å². The number of hydrogen-bond acceptors (Lipinski definition) is 4. The minimum atomic E-state index is -1.04. The Morgan fingerprint density at radius 2 is 1.82 bits per heavy atom. The summed E-state index contributed by atoms with van der Waals surface area (Å²) in [5.74, 6) is -1.31. The Hall–Kier alpha value is -2.80. The fraction of sp³-hybridized carbons (Fsp3) is 0.286. The monoisotopic (exact) mass is 398 g/mol. The van der Waals surface area contributed by atoms with Crippen LogP contribution in [-0.2, 0) is 20.8 Å². The second-order valence-electron chi connectivity index (χ2n) is 6.68. The summed E-state index contributed by atoms with van der Waals surface area (Å²) in [6.45, 7) is 2.33. The molecule has 0 bridgehead atoms. The Morgan fingerprint density at radius 1 is 1.11 bits per heavy atom. The van der Waals surface area contributed by atoms with Crippen LogP contribution in [0.4, 0.5) is 5.69 Å². The van der Waals surface area contributed by atoms with E-state index in [0.717, 1.165) is 11.1 Å². The number of aliphatic carboxylic acids is 1. The first-order valence-electron chi connectivity index (χ1n) is 9.00. The van der Waals surface area contributed by atoms with Gasteiger partial charge in [-0.2, -0.15) is 0 Å². The number of carbonyl (C=O) groups is 3. The molecule has 0 spiro atoms. The summed E-state index contributed by atoms with van der Waals surface area (Å²) >= 11 is 1.18. The molecule has 2 amide bonds. The summed E-state index contributed by atoms with van der Waals surface area (Å²) in [4.78, 5) is 37.8. The van der Waals surface area contributed by atoms with Crippen LogP contribution < -0.4 is 5.32 Å². The minimum absolute atomic E-state index is 0.0628. The maximum absolute atomic E-state index is 12.6. The maximum Gasteiger partial charge on any atom is 0.331 e. The van der Waals surface area contributed by atoms with Crippen molar-refractivity contribution >= 4 is 35.2 Å². The molecule has 7 heteroatoms. The molecule has 0 saturated carbocycles. The number of carboxylic acids is 1. The van der Waals surface area contributed by atoms with Gasteiger partial charge in [-0.05, 0) is 36.6 Å². The van der Waals surface area contributed by atoms with Crippen molar-refractivity contribution in [2.45, 2.75) is 19.4 Å². The molecule has 2 aromatic carbocycles. The first kappa shape index (κ1) is 19.9. The molecule has 28 heavy (non-hydrogen) atoms. The molecule has 1 heterocycles. The van der Waals surface area contributed by atoms with Gasteiger partial charge in [-0.15, -0.1) is 11.8 Å². The Bertz CT molecular complexity index is 882. The summed E-state index contributed by atoms with van der Waals surface area (Å²) in [5, 5.41) is 12.4. The van der Waals surface area contributed by atoms with Gasteiger partial charge in [0, 0.05) is 12.2 Å². The van der Waals surface area contributed by atoms with Gasteiger partial charge in [-0.3, -0.25) is 9.59 Å². The molecule has 3 rings (SSSR count). The lowest BCUT2D eigenvalue weighted by Crippen LogP contribution is -2.44. The average molecular weight is 398 g/mol. The molecule has 146 valence electrons. The lowest BCUT2D eigenvalue weighted by molar-refractivity contribution is -0.150. The number of anilines is 1. The molecular weight excluding hydrogens is 376 g/mol. The first-order chi connectivity index (χ1) is 13.5. The lowest BCUT2D eigenvalue weighted by atomic mass is 9.92. The normalized spacial score (nSPS) is 15.6. The topological polar surface area (TPSA) is 86.7 Å². The molecule has 1 atom stereocenters. The number of nitrogens with one attached hydrogen (secondary N) is 1. The number of rotatable bonds is 6. The highest BCUT2D eigenvalue weighted by Crippen LogP contribution is 2.30. The zero-order chi connectivity index (χ0) is 20.1. The van der Waals surface area contributed by atoms with Crippen molar-refractivity contribution in [3.8, 4) is 0 Å². The van der Waals surface area contributed by atoms with E-state index in [1.54, 1.807) is 12.1 Å². The smallest absolute Gasteiger partial charge is 0.331 e. The van der Waals surface area contributed by atoms with E-state index in [1.165, 1.54) is 16.7 Å². The molecule has 6 nitrogen and oxygen atoms in total. The van der Waals surface area contributed by atoms with E-state index in [9.17, 15) is 19.5 Å². The van der Waals surface area contributed by atoms with Crippen molar-refractivity contribution < 1.29 is 19.5 Å². The summed E-state index contributed by atoms with van der Waals surface area (Å²) in [6, 6.07) is 13.8. The maximum atomic E-state index is 12.6. The third-order valence-corrected chi connectivity index (χ3v) is 5.55. The minimum Gasteiger partial charge on any atom is -0.479 e. The van der Waals surface area contributed by atoms with Crippen LogP contribution in [-0.4, -0.2) is 45.8 Å². The van der Waals surface area contributed by atoms with Crippen molar-refractivity contribution in [1.29, 1.82) is 0 Å². The molecule has 1 aliphatic rings. The Labute approximate surface area is 167 Å². The van der Waals surface area contributed by atoms with Gasteiger partial charge in [0.1, 0.15) is 0 Å². The van der Waals surface area contributed by atoms with Crippen LogP contribution in [0.1, 0.15) is 22.7 Å². The standard InChI is InChI=1S/C21H22N2O4S/c1-14-6-8-16(9-7-14)22-18(24)12-28-13-19(25)23-11-10-15-4-2-3-5-17(15)20(23)21(26)27/h2-9,20H,10-13H2,1H3,(H,22,24)(H,26,27). The van der Waals surface area contributed by atoms with E-state index in [1.807, 2.05) is 43.3 Å². The summed E-state index contributed by atoms with van der Waals surface area (Å²) < 4.78 is 0. The highest BCUT2D eigenvalue weighted by atomic mass is 32.2. The summed E-state index contributed by atoms with van der Waals surface area (Å²) in [5.41, 5.74) is 3.44. The number of carbonyl (C=O) groups excluding carboxylic acids is 2. The van der Waals surface area contributed by atoms with Crippen molar-refractivity contribution in [1.82, 2.24) is 4.90 Å². The van der Waals surface area contributed by atoms with Gasteiger partial charge in [0.25, 0.3) is 0 Å². The van der Waals surface area contributed by atoms with E-state index in [-0.39, 0.29) is 23.3 Å². The Balaban J connectivity index is 1.55. The predicted octanol–water partition coefficient (Wildman–Crippen LogP) is 2.88. The lowest BCUT2D eigenvalue weighted by Gasteiger charge is -2.34. The Kier molecular flexibility index (Phi) is 6.36. The number of amides is 2. The van der Waals surface area contributed by atoms with Gasteiger partial charge in [0.2, 0.25) is 11.8 Å². The van der Waals surface area contributed by atoms with Gasteiger partial charge < -0.3 is 15.3 Å². The zero-order valence-corrected chi connectivity index (χ0v) is 16.4. The molecular formula is C21H22N2O4S. The zero-order valence-electron chi connectivity index (χ0n) is 15.6. The SMILES string of the molecule is Cc1ccc(NC(=O)CSCC(=O)N2CCc3ccccc3C2C(=O)O)cc1. The highest BCUT2D eigenvalue weighted by molar-refractivity contribution is 8.00. The number of fused-ring (bicyclic) bond motifs is 1. The number of thioether (sulfide) groups is 1. The van der Waals surface area contributed by atoms with Crippen LogP contribution in [0.2, 0.25) is 0 Å². The van der Waals surface area contributed by atoms with E-state index < -0.39 is 12.0 Å². The van der Waals surface area contributed by atoms with E-state index >= 15 is 0 Å². The second kappa shape index (κ2) is 8.93. The molecule has 1 aliphatic heterocycles. The van der Waals surface area contributed by atoms with Gasteiger partial charge in [-0.25, -0.2) is 4.79 Å². The van der Waals surface area contributed by atoms with Gasteiger partial charge in [0.05, 0.1) is 11.5 Å². The quantitative estimate of drug-likeness (QED) is 0.781. The third-order valence-electron chi connectivity index (χ3n) is 4.63. The fourth-order valence-electron chi connectivity index (χ4n) is 3.25. The van der Waals surface area contributed by atoms with Crippen molar-refractivity contribution in [2.75, 3.05) is 23.4 Å². The van der Waals surface area contributed by atoms with Crippen molar-refractivity contribution in [3.05, 3.63) is 65.2 Å². The van der Waals surface area contributed by atoms with Crippen LogP contribution in [0.3, 0.4) is 0 Å². The number of benzene rings is 2. The number of nitrogens with zero attached hydrogens (tertiary/aromatic N) is 1. The van der Waals surface area contributed by atoms with Gasteiger partial charge in [-0.1, -0.05) is 42.0 Å². The fourth-order valence-corrected chi connectivity index (χ4v) is 3.95. The summed E-state index contributed by atoms with van der Waals surface area (Å²) in [7, 11) is 0. The molecule has 0 aromatic heterocycles. The van der Waals surface area contributed by atoms with Crippen LogP contribution in [0, 0.1) is 6.92 Å². The molecule has 0 saturated heterocycles.